The van der Waals surface area contributed by atoms with Crippen LogP contribution in [0.4, 0.5) is 0 Å². The second kappa shape index (κ2) is 4.81. The Kier molecular flexibility index (Phi) is 3.14. The molecule has 5 heteroatoms. The minimum atomic E-state index is -0.854. The van der Waals surface area contributed by atoms with E-state index in [1.165, 1.54) is 0 Å². The van der Waals surface area contributed by atoms with Crippen LogP contribution in [0, 0.1) is 23.7 Å². The normalized spacial score (nSPS) is 31.6. The van der Waals surface area contributed by atoms with Gasteiger partial charge in [-0.3, -0.25) is 9.59 Å². The van der Waals surface area contributed by atoms with Crippen molar-refractivity contribution in [3.63, 3.8) is 0 Å². The Morgan fingerprint density at radius 1 is 1.32 bits per heavy atom. The van der Waals surface area contributed by atoms with Crippen LogP contribution in [0.3, 0.4) is 0 Å². The summed E-state index contributed by atoms with van der Waals surface area (Å²) in [7, 11) is 0. The van der Waals surface area contributed by atoms with Gasteiger partial charge >= 0.3 is 5.97 Å². The summed E-state index contributed by atoms with van der Waals surface area (Å²) < 4.78 is 0. The summed E-state index contributed by atoms with van der Waals surface area (Å²) in [6.45, 7) is 0.487. The Hall–Kier alpha value is -1.62. The van der Waals surface area contributed by atoms with Gasteiger partial charge in [0.1, 0.15) is 0 Å². The molecule has 0 radical (unpaired) electrons. The average molecular weight is 277 g/mol. The van der Waals surface area contributed by atoms with Crippen LogP contribution < -0.4 is 5.32 Å². The zero-order valence-electron chi connectivity index (χ0n) is 10.3. The molecule has 0 aliphatic heterocycles. The lowest BCUT2D eigenvalue weighted by atomic mass is 9.82. The van der Waals surface area contributed by atoms with Crippen LogP contribution in [0.5, 0.6) is 0 Å². The van der Waals surface area contributed by atoms with Crippen molar-refractivity contribution < 1.29 is 14.7 Å². The number of aliphatic carboxylic acids is 1. The van der Waals surface area contributed by atoms with E-state index in [2.05, 4.69) is 5.32 Å². The smallest absolute Gasteiger partial charge is 0.307 e. The summed E-state index contributed by atoms with van der Waals surface area (Å²) in [6.07, 6.45) is 4.75. The fourth-order valence-corrected chi connectivity index (χ4v) is 3.87. The first-order valence-electron chi connectivity index (χ1n) is 6.38. The minimum Gasteiger partial charge on any atom is -0.481 e. The first-order chi connectivity index (χ1) is 9.16. The highest BCUT2D eigenvalue weighted by molar-refractivity contribution is 7.09. The summed E-state index contributed by atoms with van der Waals surface area (Å²) in [5.41, 5.74) is 0. The van der Waals surface area contributed by atoms with Crippen LogP contribution >= 0.6 is 11.3 Å². The predicted octanol–water partition coefficient (Wildman–Crippen LogP) is 1.89. The number of fused-ring (bicyclic) bond motifs is 2. The molecule has 0 unspecified atom stereocenters. The Balaban J connectivity index is 1.68. The van der Waals surface area contributed by atoms with E-state index in [4.69, 9.17) is 0 Å². The van der Waals surface area contributed by atoms with Crippen LogP contribution in [0.2, 0.25) is 0 Å². The van der Waals surface area contributed by atoms with Gasteiger partial charge in [0.25, 0.3) is 0 Å². The van der Waals surface area contributed by atoms with E-state index in [9.17, 15) is 14.7 Å². The lowest BCUT2D eigenvalue weighted by molar-refractivity contribution is -0.147. The second-order valence-electron chi connectivity index (χ2n) is 5.14. The molecule has 19 heavy (non-hydrogen) atoms. The zero-order chi connectivity index (χ0) is 13.4. The van der Waals surface area contributed by atoms with Gasteiger partial charge < -0.3 is 10.4 Å². The summed E-state index contributed by atoms with van der Waals surface area (Å²) in [5, 5.41) is 14.1. The number of carboxylic acids is 1. The zero-order valence-corrected chi connectivity index (χ0v) is 11.1. The first kappa shape index (κ1) is 12.4. The standard InChI is InChI=1S/C14H15NO3S/c16-13(15-7-10-2-1-5-19-10)11-8-3-4-9(6-8)12(11)14(17)18/h1-5,8-9,11-12H,6-7H2,(H,15,16)(H,17,18)/t8-,9+,11+,12+/m0/s1. The highest BCUT2D eigenvalue weighted by Gasteiger charge is 2.51. The molecular formula is C14H15NO3S. The molecule has 1 saturated carbocycles. The molecule has 2 N–H and O–H groups in total. The van der Waals surface area contributed by atoms with E-state index in [-0.39, 0.29) is 17.7 Å². The van der Waals surface area contributed by atoms with Crippen molar-refractivity contribution in [1.29, 1.82) is 0 Å². The molecular weight excluding hydrogens is 262 g/mol. The van der Waals surface area contributed by atoms with E-state index in [1.54, 1.807) is 11.3 Å². The van der Waals surface area contributed by atoms with Crippen LogP contribution in [-0.4, -0.2) is 17.0 Å². The van der Waals surface area contributed by atoms with E-state index < -0.39 is 17.8 Å². The predicted molar refractivity (Wildman–Crippen MR) is 71.5 cm³/mol. The third-order valence-electron chi connectivity index (χ3n) is 4.06. The first-order valence-corrected chi connectivity index (χ1v) is 7.26. The lowest BCUT2D eigenvalue weighted by Crippen LogP contribution is -2.39. The van der Waals surface area contributed by atoms with Crippen molar-refractivity contribution in [2.24, 2.45) is 23.7 Å². The molecule has 100 valence electrons. The number of carbonyl (C=O) groups is 2. The molecule has 0 aromatic carbocycles. The van der Waals surface area contributed by atoms with Gasteiger partial charge in [0.2, 0.25) is 5.91 Å². The molecule has 0 spiro atoms. The van der Waals surface area contributed by atoms with Crippen LogP contribution in [0.1, 0.15) is 11.3 Å². The summed E-state index contributed by atoms with van der Waals surface area (Å²) in [4.78, 5) is 24.7. The number of hydrogen-bond acceptors (Lipinski definition) is 3. The average Bonchev–Trinajstić information content (AvgIpc) is 3.10. The van der Waals surface area contributed by atoms with E-state index >= 15 is 0 Å². The van der Waals surface area contributed by atoms with Gasteiger partial charge in [-0.05, 0) is 29.7 Å². The Bertz CT molecular complexity index is 523. The molecule has 2 aliphatic rings. The van der Waals surface area contributed by atoms with Gasteiger partial charge in [0.15, 0.2) is 0 Å². The highest BCUT2D eigenvalue weighted by Crippen LogP contribution is 2.48. The van der Waals surface area contributed by atoms with Gasteiger partial charge in [0.05, 0.1) is 18.4 Å². The van der Waals surface area contributed by atoms with Crippen molar-refractivity contribution in [2.75, 3.05) is 0 Å². The Morgan fingerprint density at radius 2 is 2.05 bits per heavy atom. The molecule has 3 rings (SSSR count). The molecule has 4 nitrogen and oxygen atoms in total. The SMILES string of the molecule is O=C(O)[C@H]1[C@H](C(=O)NCc2cccs2)[C@H]2C=C[C@@H]1C2. The topological polar surface area (TPSA) is 66.4 Å². The molecule has 0 saturated heterocycles. The number of rotatable bonds is 4. The molecule has 2 bridgehead atoms. The maximum Gasteiger partial charge on any atom is 0.307 e. The maximum absolute atomic E-state index is 12.2. The fraction of sp³-hybridized carbons (Fsp3) is 0.429. The second-order valence-corrected chi connectivity index (χ2v) is 6.17. The summed E-state index contributed by atoms with van der Waals surface area (Å²) >= 11 is 1.58. The molecule has 2 aliphatic carbocycles. The molecule has 1 aromatic rings. The van der Waals surface area contributed by atoms with E-state index in [0.29, 0.717) is 6.54 Å². The van der Waals surface area contributed by atoms with Crippen molar-refractivity contribution in [1.82, 2.24) is 5.32 Å². The monoisotopic (exact) mass is 277 g/mol. The molecule has 4 atom stereocenters. The minimum absolute atomic E-state index is 0.0278. The number of allylic oxidation sites excluding steroid dienone is 2. The molecule has 1 fully saturated rings. The van der Waals surface area contributed by atoms with Gasteiger partial charge in [-0.25, -0.2) is 0 Å². The third kappa shape index (κ3) is 2.18. The van der Waals surface area contributed by atoms with Crippen LogP contribution in [0.15, 0.2) is 29.7 Å². The van der Waals surface area contributed by atoms with Gasteiger partial charge in [0, 0.05) is 4.88 Å². The van der Waals surface area contributed by atoms with Crippen LogP contribution in [0.25, 0.3) is 0 Å². The van der Waals surface area contributed by atoms with Crippen LogP contribution in [-0.2, 0) is 16.1 Å². The third-order valence-corrected chi connectivity index (χ3v) is 4.94. The summed E-state index contributed by atoms with van der Waals surface area (Å²) in [5.74, 6) is -1.83. The fourth-order valence-electron chi connectivity index (χ4n) is 3.22. The van der Waals surface area contributed by atoms with Crippen molar-refractivity contribution >= 4 is 23.2 Å². The highest BCUT2D eigenvalue weighted by atomic mass is 32.1. The number of thiophene rings is 1. The van der Waals surface area contributed by atoms with Crippen molar-refractivity contribution in [3.05, 3.63) is 34.5 Å². The Morgan fingerprint density at radius 3 is 2.68 bits per heavy atom. The van der Waals surface area contributed by atoms with Gasteiger partial charge in [-0.15, -0.1) is 11.3 Å². The van der Waals surface area contributed by atoms with E-state index in [1.807, 2.05) is 29.7 Å². The number of carbonyl (C=O) groups excluding carboxylic acids is 1. The number of carboxylic acid groups (broad SMARTS) is 1. The quantitative estimate of drug-likeness (QED) is 0.826. The summed E-state index contributed by atoms with van der Waals surface area (Å²) in [6, 6.07) is 3.90. The van der Waals surface area contributed by atoms with Gasteiger partial charge in [-0.2, -0.15) is 0 Å². The van der Waals surface area contributed by atoms with Crippen molar-refractivity contribution in [2.45, 2.75) is 13.0 Å². The number of hydrogen-bond donors (Lipinski definition) is 2. The van der Waals surface area contributed by atoms with E-state index in [0.717, 1.165) is 11.3 Å². The van der Waals surface area contributed by atoms with Gasteiger partial charge in [-0.1, -0.05) is 18.2 Å². The Labute approximate surface area is 115 Å². The largest absolute Gasteiger partial charge is 0.481 e. The molecule has 1 amide bonds. The number of nitrogens with one attached hydrogen (secondary N) is 1. The van der Waals surface area contributed by atoms with Crippen molar-refractivity contribution in [3.8, 4) is 0 Å². The molecule has 1 heterocycles. The molecule has 1 aromatic heterocycles. The maximum atomic E-state index is 12.2. The lowest BCUT2D eigenvalue weighted by Gasteiger charge is -2.23. The number of amides is 1.